The maximum absolute atomic E-state index is 12.0. The van der Waals surface area contributed by atoms with Crippen molar-refractivity contribution in [2.24, 2.45) is 5.92 Å². The van der Waals surface area contributed by atoms with E-state index in [-0.39, 0.29) is 11.9 Å². The van der Waals surface area contributed by atoms with Crippen LogP contribution in [-0.4, -0.2) is 37.1 Å². The van der Waals surface area contributed by atoms with Crippen molar-refractivity contribution in [3.8, 4) is 0 Å². The average Bonchev–Trinajstić information content (AvgIpc) is 2.90. The van der Waals surface area contributed by atoms with Crippen LogP contribution in [0.25, 0.3) is 5.57 Å². The van der Waals surface area contributed by atoms with E-state index < -0.39 is 0 Å². The van der Waals surface area contributed by atoms with Gasteiger partial charge in [-0.15, -0.1) is 11.8 Å². The highest BCUT2D eigenvalue weighted by Crippen LogP contribution is 2.39. The minimum absolute atomic E-state index is 0.0239. The fourth-order valence-corrected chi connectivity index (χ4v) is 5.15. The first-order valence-electron chi connectivity index (χ1n) is 10.2. The molecule has 2 aliphatic heterocycles. The normalized spacial score (nSPS) is 19.0. The van der Waals surface area contributed by atoms with Crippen molar-refractivity contribution in [1.29, 1.82) is 0 Å². The Bertz CT molecular complexity index is 819. The summed E-state index contributed by atoms with van der Waals surface area (Å²) in [5, 5.41) is 0. The lowest BCUT2D eigenvalue weighted by atomic mass is 9.93. The standard InChI is InChI=1S/C24H27NO2S/c1-2-27-24(26)18-11-14-25(15-12-18)16-13-21-20-8-4-3-7-19(20)17-28-23-10-6-5-9-22(21)23/h3-10,13,18H,2,11-12,14-17H2,1H3/b21-13+. The second-order valence-electron chi connectivity index (χ2n) is 7.39. The molecule has 0 aliphatic carbocycles. The smallest absolute Gasteiger partial charge is 0.309 e. The monoisotopic (exact) mass is 393 g/mol. The summed E-state index contributed by atoms with van der Waals surface area (Å²) < 4.78 is 5.19. The predicted octanol–water partition coefficient (Wildman–Crippen LogP) is 5.00. The van der Waals surface area contributed by atoms with Crippen molar-refractivity contribution < 1.29 is 9.53 Å². The summed E-state index contributed by atoms with van der Waals surface area (Å²) in [5.74, 6) is 1.05. The highest BCUT2D eigenvalue weighted by Gasteiger charge is 2.26. The molecule has 0 bridgehead atoms. The average molecular weight is 394 g/mol. The van der Waals surface area contributed by atoms with E-state index in [2.05, 4.69) is 59.5 Å². The number of benzene rings is 2. The molecule has 0 N–H and O–H groups in total. The van der Waals surface area contributed by atoms with Gasteiger partial charge in [0.05, 0.1) is 12.5 Å². The van der Waals surface area contributed by atoms with Crippen LogP contribution < -0.4 is 0 Å². The van der Waals surface area contributed by atoms with E-state index in [1.54, 1.807) is 0 Å². The Kier molecular flexibility index (Phi) is 6.18. The number of esters is 1. The molecular formula is C24H27NO2S. The Balaban J connectivity index is 1.53. The maximum atomic E-state index is 12.0. The Hall–Kier alpha value is -2.04. The highest BCUT2D eigenvalue weighted by atomic mass is 32.2. The summed E-state index contributed by atoms with van der Waals surface area (Å²) >= 11 is 1.92. The van der Waals surface area contributed by atoms with Gasteiger partial charge in [-0.3, -0.25) is 9.69 Å². The van der Waals surface area contributed by atoms with Crippen LogP contribution in [0.4, 0.5) is 0 Å². The molecule has 2 aromatic carbocycles. The molecule has 0 saturated carbocycles. The van der Waals surface area contributed by atoms with Crippen molar-refractivity contribution in [3.63, 3.8) is 0 Å². The lowest BCUT2D eigenvalue weighted by Gasteiger charge is -2.30. The quantitative estimate of drug-likeness (QED) is 0.684. The number of rotatable bonds is 4. The molecule has 4 heteroatoms. The second kappa shape index (κ2) is 8.97. The number of nitrogens with zero attached hydrogens (tertiary/aromatic N) is 1. The van der Waals surface area contributed by atoms with E-state index in [4.69, 9.17) is 4.74 Å². The molecule has 4 rings (SSSR count). The van der Waals surface area contributed by atoms with E-state index in [1.807, 2.05) is 18.7 Å². The third-order valence-corrected chi connectivity index (χ3v) is 6.75. The summed E-state index contributed by atoms with van der Waals surface area (Å²) in [5.41, 5.74) is 5.42. The molecule has 0 atom stereocenters. The van der Waals surface area contributed by atoms with Gasteiger partial charge in [-0.2, -0.15) is 0 Å². The minimum atomic E-state index is -0.0239. The van der Waals surface area contributed by atoms with Gasteiger partial charge in [0.2, 0.25) is 0 Å². The topological polar surface area (TPSA) is 29.5 Å². The molecule has 2 aliphatic rings. The number of thioether (sulfide) groups is 1. The molecule has 0 spiro atoms. The van der Waals surface area contributed by atoms with Gasteiger partial charge in [0.1, 0.15) is 0 Å². The van der Waals surface area contributed by atoms with Crippen LogP contribution in [0.2, 0.25) is 0 Å². The lowest BCUT2D eigenvalue weighted by molar-refractivity contribution is -0.149. The highest BCUT2D eigenvalue weighted by molar-refractivity contribution is 7.98. The van der Waals surface area contributed by atoms with E-state index in [1.165, 1.54) is 27.2 Å². The Morgan fingerprint density at radius 1 is 1.11 bits per heavy atom. The number of ether oxygens (including phenoxy) is 1. The number of fused-ring (bicyclic) bond motifs is 2. The Labute approximate surface area is 171 Å². The number of carbonyl (C=O) groups is 1. The van der Waals surface area contributed by atoms with Crippen LogP contribution in [-0.2, 0) is 15.3 Å². The molecule has 3 nitrogen and oxygen atoms in total. The maximum Gasteiger partial charge on any atom is 0.309 e. The van der Waals surface area contributed by atoms with Gasteiger partial charge in [0, 0.05) is 17.2 Å². The predicted molar refractivity (Wildman–Crippen MR) is 115 cm³/mol. The molecule has 2 aromatic rings. The fourth-order valence-electron chi connectivity index (χ4n) is 4.08. The molecule has 1 fully saturated rings. The summed E-state index contributed by atoms with van der Waals surface area (Å²) in [6, 6.07) is 17.5. The van der Waals surface area contributed by atoms with Crippen molar-refractivity contribution >= 4 is 23.3 Å². The summed E-state index contributed by atoms with van der Waals surface area (Å²) in [4.78, 5) is 15.8. The Morgan fingerprint density at radius 2 is 1.82 bits per heavy atom. The van der Waals surface area contributed by atoms with Gasteiger partial charge < -0.3 is 4.74 Å². The largest absolute Gasteiger partial charge is 0.466 e. The van der Waals surface area contributed by atoms with E-state index in [9.17, 15) is 4.79 Å². The van der Waals surface area contributed by atoms with Crippen LogP contribution >= 0.6 is 11.8 Å². The number of hydrogen-bond acceptors (Lipinski definition) is 4. The van der Waals surface area contributed by atoms with Crippen molar-refractivity contribution in [1.82, 2.24) is 4.90 Å². The zero-order valence-corrected chi connectivity index (χ0v) is 17.2. The minimum Gasteiger partial charge on any atom is -0.466 e. The number of piperidine rings is 1. The van der Waals surface area contributed by atoms with Crippen molar-refractivity contribution in [2.45, 2.75) is 30.4 Å². The van der Waals surface area contributed by atoms with Crippen LogP contribution in [0.15, 0.2) is 59.5 Å². The van der Waals surface area contributed by atoms with E-state index >= 15 is 0 Å². The van der Waals surface area contributed by atoms with Gasteiger partial charge in [-0.05, 0) is 61.2 Å². The SMILES string of the molecule is CCOC(=O)C1CCN(C/C=C2\c3ccccc3CSc3ccccc32)CC1. The molecule has 2 heterocycles. The van der Waals surface area contributed by atoms with E-state index in [0.29, 0.717) is 6.61 Å². The van der Waals surface area contributed by atoms with Gasteiger partial charge in [0.15, 0.2) is 0 Å². The summed E-state index contributed by atoms with van der Waals surface area (Å²) in [6.07, 6.45) is 4.17. The fraction of sp³-hybridized carbons (Fsp3) is 0.375. The van der Waals surface area contributed by atoms with Gasteiger partial charge in [0.25, 0.3) is 0 Å². The molecule has 0 amide bonds. The number of hydrogen-bond donors (Lipinski definition) is 0. The molecule has 146 valence electrons. The zero-order valence-electron chi connectivity index (χ0n) is 16.4. The molecule has 0 radical (unpaired) electrons. The van der Waals surface area contributed by atoms with Gasteiger partial charge >= 0.3 is 5.97 Å². The summed E-state index contributed by atoms with van der Waals surface area (Å²) in [7, 11) is 0. The molecular weight excluding hydrogens is 366 g/mol. The molecule has 0 aromatic heterocycles. The molecule has 0 unspecified atom stereocenters. The van der Waals surface area contributed by atoms with Crippen LogP contribution in [0, 0.1) is 5.92 Å². The summed E-state index contributed by atoms with van der Waals surface area (Å²) in [6.45, 7) is 5.16. The molecule has 1 saturated heterocycles. The third kappa shape index (κ3) is 4.18. The molecule has 28 heavy (non-hydrogen) atoms. The van der Waals surface area contributed by atoms with E-state index in [0.717, 1.165) is 38.2 Å². The first-order valence-corrected chi connectivity index (χ1v) is 11.1. The van der Waals surface area contributed by atoms with Crippen molar-refractivity contribution in [2.75, 3.05) is 26.2 Å². The zero-order chi connectivity index (χ0) is 19.3. The van der Waals surface area contributed by atoms with Crippen molar-refractivity contribution in [3.05, 3.63) is 71.3 Å². The second-order valence-corrected chi connectivity index (χ2v) is 8.40. The third-order valence-electron chi connectivity index (χ3n) is 5.63. The van der Waals surface area contributed by atoms with Gasteiger partial charge in [-0.25, -0.2) is 0 Å². The number of likely N-dealkylation sites (tertiary alicyclic amines) is 1. The van der Waals surface area contributed by atoms with Crippen LogP contribution in [0.3, 0.4) is 0 Å². The van der Waals surface area contributed by atoms with Gasteiger partial charge in [-0.1, -0.05) is 48.5 Å². The number of carbonyl (C=O) groups excluding carboxylic acids is 1. The van der Waals surface area contributed by atoms with Crippen LogP contribution in [0.1, 0.15) is 36.5 Å². The Morgan fingerprint density at radius 3 is 2.61 bits per heavy atom. The first kappa shape index (κ1) is 19.3. The first-order chi connectivity index (χ1) is 13.8. The lowest BCUT2D eigenvalue weighted by Crippen LogP contribution is -2.37. The van der Waals surface area contributed by atoms with Crippen LogP contribution in [0.5, 0.6) is 0 Å².